The Morgan fingerprint density at radius 1 is 0.889 bits per heavy atom. The van der Waals surface area contributed by atoms with Gasteiger partial charge >= 0.3 is 0 Å². The van der Waals surface area contributed by atoms with E-state index in [-0.39, 0.29) is 29.1 Å². The van der Waals surface area contributed by atoms with Gasteiger partial charge in [0.05, 0.1) is 17.7 Å². The number of hydrogen-bond donors (Lipinski definition) is 1. The smallest absolute Gasteiger partial charge is 0.264 e. The summed E-state index contributed by atoms with van der Waals surface area (Å²) in [5.41, 5.74) is 1.19. The van der Waals surface area contributed by atoms with Crippen LogP contribution in [-0.4, -0.2) is 51.4 Å². The van der Waals surface area contributed by atoms with Gasteiger partial charge in [-0.05, 0) is 42.3 Å². The predicted molar refractivity (Wildman–Crippen MR) is 173 cm³/mol. The second-order valence-corrected chi connectivity index (χ2v) is 12.4. The number of nitrogens with one attached hydrogen (secondary N) is 1. The van der Waals surface area contributed by atoms with Crippen LogP contribution in [0, 0.1) is 5.82 Å². The standard InChI is InChI=1S/C35H38FN3O5S/c1-3-4-22-37-35(41)33(23-27-14-7-5-8-15-27)38(25-28-16-11-12-21-32(28)36)34(40)26-39(29-17-13-18-30(24-29)44-2)45(42,43)31-19-9-6-10-20-31/h5-21,24,33H,3-4,22-23,25-26H2,1-2H3,(H,37,41). The lowest BCUT2D eigenvalue weighted by Gasteiger charge is -2.34. The number of ether oxygens (including phenoxy) is 1. The number of amides is 2. The molecule has 4 aromatic rings. The number of halogens is 1. The molecule has 0 saturated carbocycles. The van der Waals surface area contributed by atoms with Crippen LogP contribution >= 0.6 is 0 Å². The third-order valence-electron chi connectivity index (χ3n) is 7.35. The van der Waals surface area contributed by atoms with Gasteiger partial charge in [-0.2, -0.15) is 0 Å². The lowest BCUT2D eigenvalue weighted by Crippen LogP contribution is -2.53. The van der Waals surface area contributed by atoms with Crippen molar-refractivity contribution in [3.8, 4) is 5.75 Å². The van der Waals surface area contributed by atoms with Crippen LogP contribution < -0.4 is 14.4 Å². The van der Waals surface area contributed by atoms with Gasteiger partial charge in [-0.1, -0.05) is 86.1 Å². The van der Waals surface area contributed by atoms with Crippen molar-refractivity contribution in [2.24, 2.45) is 0 Å². The first-order chi connectivity index (χ1) is 21.7. The van der Waals surface area contributed by atoms with E-state index in [1.54, 1.807) is 54.6 Å². The molecule has 0 heterocycles. The number of carbonyl (C=O) groups is 2. The quantitative estimate of drug-likeness (QED) is 0.173. The van der Waals surface area contributed by atoms with Crippen molar-refractivity contribution in [2.75, 3.05) is 24.5 Å². The van der Waals surface area contributed by atoms with E-state index in [0.717, 1.165) is 22.7 Å². The zero-order valence-corrected chi connectivity index (χ0v) is 26.3. The molecular weight excluding hydrogens is 593 g/mol. The molecule has 45 heavy (non-hydrogen) atoms. The summed E-state index contributed by atoms with van der Waals surface area (Å²) in [6.45, 7) is 1.51. The normalized spacial score (nSPS) is 11.8. The Labute approximate surface area is 264 Å². The van der Waals surface area contributed by atoms with Crippen LogP contribution in [0.5, 0.6) is 5.75 Å². The van der Waals surface area contributed by atoms with E-state index in [1.807, 2.05) is 37.3 Å². The minimum absolute atomic E-state index is 0.0144. The predicted octanol–water partition coefficient (Wildman–Crippen LogP) is 5.59. The van der Waals surface area contributed by atoms with Gasteiger partial charge in [0.2, 0.25) is 11.8 Å². The Kier molecular flexibility index (Phi) is 11.7. The number of rotatable bonds is 15. The molecular formula is C35H38FN3O5S. The topological polar surface area (TPSA) is 96.0 Å². The van der Waals surface area contributed by atoms with Crippen molar-refractivity contribution in [3.63, 3.8) is 0 Å². The minimum Gasteiger partial charge on any atom is -0.497 e. The zero-order valence-electron chi connectivity index (χ0n) is 25.4. The molecule has 0 aliphatic rings. The maximum absolute atomic E-state index is 15.0. The molecule has 1 N–H and O–H groups in total. The van der Waals surface area contributed by atoms with Gasteiger partial charge in [0, 0.05) is 31.1 Å². The molecule has 1 unspecified atom stereocenters. The molecule has 2 amide bonds. The third-order valence-corrected chi connectivity index (χ3v) is 9.14. The summed E-state index contributed by atoms with van der Waals surface area (Å²) in [7, 11) is -2.80. The molecule has 1 atom stereocenters. The Bertz CT molecular complexity index is 1670. The van der Waals surface area contributed by atoms with Crippen molar-refractivity contribution >= 4 is 27.5 Å². The fourth-order valence-corrected chi connectivity index (χ4v) is 6.31. The third kappa shape index (κ3) is 8.69. The number of hydrogen-bond acceptors (Lipinski definition) is 5. The first-order valence-electron chi connectivity index (χ1n) is 14.8. The molecule has 8 nitrogen and oxygen atoms in total. The van der Waals surface area contributed by atoms with Crippen molar-refractivity contribution < 1.29 is 27.1 Å². The second-order valence-electron chi connectivity index (χ2n) is 10.5. The monoisotopic (exact) mass is 631 g/mol. The average Bonchev–Trinajstić information content (AvgIpc) is 3.06. The minimum atomic E-state index is -4.26. The van der Waals surface area contributed by atoms with E-state index in [0.29, 0.717) is 12.3 Å². The fraction of sp³-hybridized carbons (Fsp3) is 0.257. The molecule has 0 saturated heterocycles. The summed E-state index contributed by atoms with van der Waals surface area (Å²) in [6.07, 6.45) is 1.74. The lowest BCUT2D eigenvalue weighted by molar-refractivity contribution is -0.140. The number of methoxy groups -OCH3 is 1. The van der Waals surface area contributed by atoms with Gasteiger partial charge < -0.3 is 15.0 Å². The van der Waals surface area contributed by atoms with Crippen LogP contribution in [0.1, 0.15) is 30.9 Å². The van der Waals surface area contributed by atoms with Crippen molar-refractivity contribution in [2.45, 2.75) is 43.7 Å². The van der Waals surface area contributed by atoms with Crippen LogP contribution in [0.25, 0.3) is 0 Å². The highest BCUT2D eigenvalue weighted by molar-refractivity contribution is 7.92. The summed E-state index contributed by atoms with van der Waals surface area (Å²) in [5, 5.41) is 2.92. The van der Waals surface area contributed by atoms with E-state index in [1.165, 1.54) is 36.3 Å². The number of anilines is 1. The molecule has 0 bridgehead atoms. The number of nitrogens with zero attached hydrogens (tertiary/aromatic N) is 2. The molecule has 0 fully saturated rings. The Hall–Kier alpha value is -4.70. The van der Waals surface area contributed by atoms with Crippen LogP contribution in [0.3, 0.4) is 0 Å². The molecule has 0 radical (unpaired) electrons. The number of benzene rings is 4. The van der Waals surface area contributed by atoms with Gasteiger partial charge in [-0.3, -0.25) is 13.9 Å². The van der Waals surface area contributed by atoms with Crippen LogP contribution in [0.15, 0.2) is 114 Å². The van der Waals surface area contributed by atoms with Gasteiger partial charge in [-0.25, -0.2) is 12.8 Å². The Balaban J connectivity index is 1.80. The molecule has 236 valence electrons. The molecule has 10 heteroatoms. The molecule has 0 aliphatic carbocycles. The first kappa shape index (κ1) is 33.2. The molecule has 0 aliphatic heterocycles. The largest absolute Gasteiger partial charge is 0.497 e. The maximum atomic E-state index is 15.0. The molecule has 4 rings (SSSR count). The van der Waals surface area contributed by atoms with Crippen LogP contribution in [0.2, 0.25) is 0 Å². The van der Waals surface area contributed by atoms with E-state index in [9.17, 15) is 18.0 Å². The fourth-order valence-electron chi connectivity index (χ4n) is 4.88. The molecule has 4 aromatic carbocycles. The number of carbonyl (C=O) groups excluding carboxylic acids is 2. The van der Waals surface area contributed by atoms with E-state index in [2.05, 4.69) is 5.32 Å². The van der Waals surface area contributed by atoms with Gasteiger partial charge in [-0.15, -0.1) is 0 Å². The lowest BCUT2D eigenvalue weighted by atomic mass is 10.0. The van der Waals surface area contributed by atoms with Gasteiger partial charge in [0.15, 0.2) is 0 Å². The van der Waals surface area contributed by atoms with Crippen LogP contribution in [0.4, 0.5) is 10.1 Å². The number of unbranched alkanes of at least 4 members (excludes halogenated alkanes) is 1. The molecule has 0 spiro atoms. The highest BCUT2D eigenvalue weighted by Crippen LogP contribution is 2.28. The van der Waals surface area contributed by atoms with E-state index in [4.69, 9.17) is 4.74 Å². The zero-order chi connectivity index (χ0) is 32.2. The number of sulfonamides is 1. The summed E-state index contributed by atoms with van der Waals surface area (Å²) in [6, 6.07) is 28.4. The summed E-state index contributed by atoms with van der Waals surface area (Å²) in [4.78, 5) is 29.4. The second kappa shape index (κ2) is 15.9. The Morgan fingerprint density at radius 3 is 2.22 bits per heavy atom. The highest BCUT2D eigenvalue weighted by Gasteiger charge is 2.35. The Morgan fingerprint density at radius 2 is 1.56 bits per heavy atom. The SMILES string of the molecule is CCCCNC(=O)C(Cc1ccccc1)N(Cc1ccccc1F)C(=O)CN(c1cccc(OC)c1)S(=O)(=O)c1ccccc1. The molecule has 0 aromatic heterocycles. The summed E-state index contributed by atoms with van der Waals surface area (Å²) in [5.74, 6) is -1.22. The average molecular weight is 632 g/mol. The van der Waals surface area contributed by atoms with Gasteiger partial charge in [0.25, 0.3) is 10.0 Å². The highest BCUT2D eigenvalue weighted by atomic mass is 32.2. The van der Waals surface area contributed by atoms with E-state index < -0.39 is 40.2 Å². The van der Waals surface area contributed by atoms with Crippen molar-refractivity contribution in [1.82, 2.24) is 10.2 Å². The first-order valence-corrected chi connectivity index (χ1v) is 16.2. The van der Waals surface area contributed by atoms with Crippen molar-refractivity contribution in [3.05, 3.63) is 126 Å². The maximum Gasteiger partial charge on any atom is 0.264 e. The van der Waals surface area contributed by atoms with Gasteiger partial charge in [0.1, 0.15) is 24.2 Å². The van der Waals surface area contributed by atoms with Crippen LogP contribution in [-0.2, 0) is 32.6 Å². The van der Waals surface area contributed by atoms with Crippen molar-refractivity contribution in [1.29, 1.82) is 0 Å². The van der Waals surface area contributed by atoms with E-state index >= 15 is 4.39 Å². The summed E-state index contributed by atoms with van der Waals surface area (Å²) >= 11 is 0. The summed E-state index contributed by atoms with van der Waals surface area (Å²) < 4.78 is 49.4.